The van der Waals surface area contributed by atoms with Gasteiger partial charge in [0.15, 0.2) is 5.13 Å². The Kier molecular flexibility index (Phi) is 5.17. The summed E-state index contributed by atoms with van der Waals surface area (Å²) >= 11 is 2.85. The molecule has 3 aromatic rings. The fourth-order valence-electron chi connectivity index (χ4n) is 2.06. The Hall–Kier alpha value is -2.31. The molecule has 0 aliphatic carbocycles. The molecule has 3 rings (SSSR count). The van der Waals surface area contributed by atoms with E-state index in [1.807, 2.05) is 42.6 Å². The molecule has 4 nitrogen and oxygen atoms in total. The van der Waals surface area contributed by atoms with Crippen LogP contribution in [0.5, 0.6) is 5.75 Å². The van der Waals surface area contributed by atoms with E-state index in [-0.39, 0.29) is 16.9 Å². The van der Waals surface area contributed by atoms with Crippen LogP contribution in [0, 0.1) is 0 Å². The van der Waals surface area contributed by atoms with Gasteiger partial charge in [-0.2, -0.15) is 0 Å². The second-order valence-electron chi connectivity index (χ2n) is 5.15. The maximum atomic E-state index is 12.3. The largest absolute Gasteiger partial charge is 0.508 e. The predicted molar refractivity (Wildman–Crippen MR) is 99.6 cm³/mol. The van der Waals surface area contributed by atoms with E-state index in [9.17, 15) is 9.90 Å². The average Bonchev–Trinajstić information content (AvgIpc) is 3.06. The summed E-state index contributed by atoms with van der Waals surface area (Å²) in [5.74, 6) is 0.120. The van der Waals surface area contributed by atoms with Crippen molar-refractivity contribution in [1.82, 2.24) is 4.98 Å². The molecule has 0 fully saturated rings. The monoisotopic (exact) mass is 356 g/mol. The van der Waals surface area contributed by atoms with Crippen molar-refractivity contribution in [3.8, 4) is 17.0 Å². The molecule has 2 aromatic carbocycles. The van der Waals surface area contributed by atoms with Crippen LogP contribution in [0.2, 0.25) is 0 Å². The number of benzene rings is 2. The molecule has 0 unspecified atom stereocenters. The van der Waals surface area contributed by atoms with E-state index in [0.717, 1.165) is 16.2 Å². The van der Waals surface area contributed by atoms with Crippen LogP contribution in [0.25, 0.3) is 11.3 Å². The summed E-state index contributed by atoms with van der Waals surface area (Å²) in [4.78, 5) is 17.7. The molecule has 24 heavy (non-hydrogen) atoms. The summed E-state index contributed by atoms with van der Waals surface area (Å²) in [7, 11) is 0. The minimum absolute atomic E-state index is 0.0953. The molecule has 0 spiro atoms. The molecule has 0 saturated carbocycles. The highest BCUT2D eigenvalue weighted by Gasteiger charge is 2.16. The minimum Gasteiger partial charge on any atom is -0.508 e. The Morgan fingerprint density at radius 1 is 1.17 bits per heavy atom. The summed E-state index contributed by atoms with van der Waals surface area (Å²) in [6, 6.07) is 16.7. The van der Waals surface area contributed by atoms with E-state index >= 15 is 0 Å². The first-order valence-corrected chi connectivity index (χ1v) is 9.15. The SMILES string of the molecule is C[C@H](Sc1ccc(O)cc1)C(=O)Nc1nc(-c2ccccc2)cs1. The fraction of sp³-hybridized carbons (Fsp3) is 0.111. The van der Waals surface area contributed by atoms with Crippen LogP contribution in [0.4, 0.5) is 5.13 Å². The van der Waals surface area contributed by atoms with Crippen LogP contribution in [0.15, 0.2) is 64.9 Å². The quantitative estimate of drug-likeness (QED) is 0.654. The summed E-state index contributed by atoms with van der Waals surface area (Å²) in [5.41, 5.74) is 1.88. The molecule has 1 amide bonds. The number of nitrogens with one attached hydrogen (secondary N) is 1. The maximum absolute atomic E-state index is 12.3. The van der Waals surface area contributed by atoms with E-state index in [1.165, 1.54) is 23.1 Å². The van der Waals surface area contributed by atoms with Crippen LogP contribution in [-0.2, 0) is 4.79 Å². The highest BCUT2D eigenvalue weighted by Crippen LogP contribution is 2.28. The number of aromatic nitrogens is 1. The van der Waals surface area contributed by atoms with Crippen molar-refractivity contribution in [3.63, 3.8) is 0 Å². The maximum Gasteiger partial charge on any atom is 0.239 e. The van der Waals surface area contributed by atoms with Crippen LogP contribution in [0.3, 0.4) is 0 Å². The van der Waals surface area contributed by atoms with Gasteiger partial charge in [-0.15, -0.1) is 23.1 Å². The van der Waals surface area contributed by atoms with Gasteiger partial charge in [0.2, 0.25) is 5.91 Å². The van der Waals surface area contributed by atoms with Crippen molar-refractivity contribution in [2.75, 3.05) is 5.32 Å². The van der Waals surface area contributed by atoms with Gasteiger partial charge in [0.25, 0.3) is 0 Å². The third-order valence-corrected chi connectivity index (χ3v) is 5.19. The summed E-state index contributed by atoms with van der Waals surface area (Å²) in [6.07, 6.45) is 0. The number of carbonyl (C=O) groups excluding carboxylic acids is 1. The lowest BCUT2D eigenvalue weighted by molar-refractivity contribution is -0.115. The van der Waals surface area contributed by atoms with E-state index in [0.29, 0.717) is 5.13 Å². The third-order valence-electron chi connectivity index (χ3n) is 3.32. The number of rotatable bonds is 5. The first kappa shape index (κ1) is 16.5. The zero-order valence-corrected chi connectivity index (χ0v) is 14.6. The number of aromatic hydroxyl groups is 1. The second-order valence-corrected chi connectivity index (χ2v) is 7.42. The first-order chi connectivity index (χ1) is 11.6. The van der Waals surface area contributed by atoms with Gasteiger partial charge in [-0.3, -0.25) is 4.79 Å². The molecule has 122 valence electrons. The van der Waals surface area contributed by atoms with Gasteiger partial charge in [-0.05, 0) is 31.2 Å². The molecule has 2 N–H and O–H groups in total. The van der Waals surface area contributed by atoms with Crippen molar-refractivity contribution in [3.05, 3.63) is 60.0 Å². The van der Waals surface area contributed by atoms with E-state index < -0.39 is 0 Å². The van der Waals surface area contributed by atoms with E-state index in [2.05, 4.69) is 10.3 Å². The molecular weight excluding hydrogens is 340 g/mol. The molecule has 0 saturated heterocycles. The zero-order chi connectivity index (χ0) is 16.9. The molecule has 1 atom stereocenters. The third kappa shape index (κ3) is 4.15. The number of anilines is 1. The van der Waals surface area contributed by atoms with Crippen LogP contribution >= 0.6 is 23.1 Å². The van der Waals surface area contributed by atoms with Crippen LogP contribution < -0.4 is 5.32 Å². The predicted octanol–water partition coefficient (Wildman–Crippen LogP) is 4.64. The molecule has 1 aromatic heterocycles. The van der Waals surface area contributed by atoms with Crippen molar-refractivity contribution in [2.45, 2.75) is 17.1 Å². The Morgan fingerprint density at radius 2 is 1.88 bits per heavy atom. The van der Waals surface area contributed by atoms with Crippen molar-refractivity contribution in [1.29, 1.82) is 0 Å². The van der Waals surface area contributed by atoms with E-state index in [4.69, 9.17) is 0 Å². The number of amides is 1. The smallest absolute Gasteiger partial charge is 0.239 e. The van der Waals surface area contributed by atoms with Gasteiger partial charge < -0.3 is 10.4 Å². The van der Waals surface area contributed by atoms with Gasteiger partial charge in [0, 0.05) is 15.8 Å². The van der Waals surface area contributed by atoms with Gasteiger partial charge in [-0.25, -0.2) is 4.98 Å². The van der Waals surface area contributed by atoms with E-state index in [1.54, 1.807) is 24.3 Å². The number of hydrogen-bond donors (Lipinski definition) is 2. The number of carbonyl (C=O) groups is 1. The molecular formula is C18H16N2O2S2. The lowest BCUT2D eigenvalue weighted by atomic mass is 10.2. The van der Waals surface area contributed by atoms with Crippen LogP contribution in [-0.4, -0.2) is 21.2 Å². The summed E-state index contributed by atoms with van der Waals surface area (Å²) in [6.45, 7) is 1.85. The number of nitrogens with zero attached hydrogens (tertiary/aromatic N) is 1. The highest BCUT2D eigenvalue weighted by molar-refractivity contribution is 8.00. The highest BCUT2D eigenvalue weighted by atomic mass is 32.2. The molecule has 6 heteroatoms. The topological polar surface area (TPSA) is 62.2 Å². The standard InChI is InChI=1S/C18H16N2O2S2/c1-12(24-15-9-7-14(21)8-10-15)17(22)20-18-19-16(11-23-18)13-5-3-2-4-6-13/h2-12,21H,1H3,(H,19,20,22)/t12-/m0/s1. The number of hydrogen-bond acceptors (Lipinski definition) is 5. The Bertz CT molecular complexity index is 817. The van der Waals surface area contributed by atoms with Gasteiger partial charge in [-0.1, -0.05) is 30.3 Å². The number of thiazole rings is 1. The number of thioether (sulfide) groups is 1. The molecule has 1 heterocycles. The number of phenolic OH excluding ortho intramolecular Hbond substituents is 1. The molecule has 0 radical (unpaired) electrons. The summed E-state index contributed by atoms with van der Waals surface area (Å²) in [5, 5.41) is 14.4. The van der Waals surface area contributed by atoms with Gasteiger partial charge >= 0.3 is 0 Å². The Morgan fingerprint density at radius 3 is 2.58 bits per heavy atom. The second kappa shape index (κ2) is 7.51. The molecule has 0 aliphatic heterocycles. The van der Waals surface area contributed by atoms with Crippen molar-refractivity contribution in [2.24, 2.45) is 0 Å². The summed E-state index contributed by atoms with van der Waals surface area (Å²) < 4.78 is 0. The minimum atomic E-state index is -0.265. The molecule has 0 aliphatic rings. The van der Waals surface area contributed by atoms with Crippen LogP contribution in [0.1, 0.15) is 6.92 Å². The number of phenols is 1. The lowest BCUT2D eigenvalue weighted by Gasteiger charge is -2.10. The Balaban J connectivity index is 1.62. The first-order valence-electron chi connectivity index (χ1n) is 7.39. The van der Waals surface area contributed by atoms with Crippen molar-refractivity contribution < 1.29 is 9.90 Å². The lowest BCUT2D eigenvalue weighted by Crippen LogP contribution is -2.22. The normalized spacial score (nSPS) is 11.9. The van der Waals surface area contributed by atoms with Gasteiger partial charge in [0.1, 0.15) is 5.75 Å². The van der Waals surface area contributed by atoms with Gasteiger partial charge in [0.05, 0.1) is 10.9 Å². The molecule has 0 bridgehead atoms. The fourth-order valence-corrected chi connectivity index (χ4v) is 3.65. The average molecular weight is 356 g/mol. The van der Waals surface area contributed by atoms with Crippen molar-refractivity contribution >= 4 is 34.1 Å². The Labute approximate surface area is 148 Å². The zero-order valence-electron chi connectivity index (χ0n) is 13.0.